The minimum atomic E-state index is -1.02. The van der Waals surface area contributed by atoms with Crippen LogP contribution < -0.4 is 5.32 Å². The number of nitrogens with zero attached hydrogens (tertiary/aromatic N) is 2. The lowest BCUT2D eigenvalue weighted by Gasteiger charge is -2.26. The van der Waals surface area contributed by atoms with E-state index in [1.54, 1.807) is 6.20 Å². The Morgan fingerprint density at radius 3 is 2.69 bits per heavy atom. The molecule has 1 saturated heterocycles. The topological polar surface area (TPSA) is 122 Å². The molecule has 3 atom stereocenters. The molecular formula is C20H23N3O6. The minimum absolute atomic E-state index is 0.0222. The molecule has 154 valence electrons. The van der Waals surface area contributed by atoms with Gasteiger partial charge >= 0.3 is 5.97 Å². The molecule has 1 unspecified atom stereocenters. The Hall–Kier alpha value is -3.20. The van der Waals surface area contributed by atoms with Gasteiger partial charge in [0.25, 0.3) is 5.91 Å². The van der Waals surface area contributed by atoms with Gasteiger partial charge in [-0.3, -0.25) is 14.4 Å². The Balaban J connectivity index is 1.60. The summed E-state index contributed by atoms with van der Waals surface area (Å²) in [6.45, 7) is 2.94. The highest BCUT2D eigenvalue weighted by Crippen LogP contribution is 2.21. The van der Waals surface area contributed by atoms with Crippen LogP contribution in [0.5, 0.6) is 0 Å². The van der Waals surface area contributed by atoms with Crippen LogP contribution in [0.15, 0.2) is 41.3 Å². The maximum Gasteiger partial charge on any atom is 0.303 e. The lowest BCUT2D eigenvalue weighted by atomic mass is 10.1. The summed E-state index contributed by atoms with van der Waals surface area (Å²) in [5.74, 6) is -0.811. The van der Waals surface area contributed by atoms with Crippen molar-refractivity contribution in [2.24, 2.45) is 0 Å². The number of amides is 2. The van der Waals surface area contributed by atoms with Crippen molar-refractivity contribution in [3.8, 4) is 11.3 Å². The highest BCUT2D eigenvalue weighted by Gasteiger charge is 2.40. The van der Waals surface area contributed by atoms with Crippen LogP contribution in [-0.2, 0) is 25.7 Å². The maximum absolute atomic E-state index is 12.6. The van der Waals surface area contributed by atoms with E-state index < -0.39 is 30.1 Å². The number of aliphatic hydroxyl groups excluding tert-OH is 1. The predicted molar refractivity (Wildman–Crippen MR) is 101 cm³/mol. The van der Waals surface area contributed by atoms with Gasteiger partial charge in [0.15, 0.2) is 18.3 Å². The smallest absolute Gasteiger partial charge is 0.303 e. The van der Waals surface area contributed by atoms with E-state index in [0.717, 1.165) is 11.1 Å². The van der Waals surface area contributed by atoms with Crippen molar-refractivity contribution in [3.63, 3.8) is 0 Å². The monoisotopic (exact) mass is 401 g/mol. The van der Waals surface area contributed by atoms with E-state index in [0.29, 0.717) is 5.76 Å². The Morgan fingerprint density at radius 1 is 1.34 bits per heavy atom. The summed E-state index contributed by atoms with van der Waals surface area (Å²) in [6.07, 6.45) is 1.28. The van der Waals surface area contributed by atoms with Gasteiger partial charge in [0.1, 0.15) is 6.04 Å². The third-order valence-electron chi connectivity index (χ3n) is 4.69. The molecule has 1 aromatic heterocycles. The number of nitrogens with one attached hydrogen (secondary N) is 1. The summed E-state index contributed by atoms with van der Waals surface area (Å²) in [5.41, 5.74) is 1.74. The van der Waals surface area contributed by atoms with E-state index in [1.165, 1.54) is 25.1 Å². The quantitative estimate of drug-likeness (QED) is 0.689. The first-order valence-electron chi connectivity index (χ1n) is 9.26. The van der Waals surface area contributed by atoms with E-state index in [4.69, 9.17) is 9.15 Å². The fraction of sp³-hybridized carbons (Fsp3) is 0.400. The second-order valence-corrected chi connectivity index (χ2v) is 6.93. The third-order valence-corrected chi connectivity index (χ3v) is 4.69. The number of ether oxygens (including phenoxy) is 1. The zero-order valence-corrected chi connectivity index (χ0v) is 16.2. The van der Waals surface area contributed by atoms with Crippen LogP contribution in [-0.4, -0.2) is 57.6 Å². The molecule has 9 heteroatoms. The normalized spacial score (nSPS) is 19.6. The lowest BCUT2D eigenvalue weighted by Crippen LogP contribution is -2.49. The standard InChI is InChI=1S/C20H23N3O6/c1-12(29-13(2)24)20(27)23-10-16(25)7-17(23)19(26)22-8-14-3-5-15(6-4-14)18-9-21-11-28-18/h3-6,9,11-12,16-17,25H,7-8,10H2,1-2H3,(H,22,26)/t12?,16-,17+/m1/s1. The Labute approximate surface area is 167 Å². The van der Waals surface area contributed by atoms with Crippen LogP contribution in [0, 0.1) is 0 Å². The molecule has 2 N–H and O–H groups in total. The predicted octanol–water partition coefficient (Wildman–Crippen LogP) is 0.871. The number of oxazole rings is 1. The summed E-state index contributed by atoms with van der Waals surface area (Å²) < 4.78 is 10.1. The summed E-state index contributed by atoms with van der Waals surface area (Å²) in [7, 11) is 0. The van der Waals surface area contributed by atoms with Gasteiger partial charge in [0.05, 0.1) is 12.3 Å². The molecule has 1 aromatic carbocycles. The zero-order chi connectivity index (χ0) is 21.0. The molecule has 9 nitrogen and oxygen atoms in total. The van der Waals surface area contributed by atoms with Gasteiger partial charge in [-0.15, -0.1) is 0 Å². The molecule has 0 spiro atoms. The number of hydrogen-bond donors (Lipinski definition) is 2. The SMILES string of the molecule is CC(=O)OC(C)C(=O)N1C[C@H](O)C[C@H]1C(=O)NCc1ccc(-c2cnco2)cc1. The average molecular weight is 401 g/mol. The van der Waals surface area contributed by atoms with Crippen molar-refractivity contribution in [3.05, 3.63) is 42.4 Å². The molecule has 0 radical (unpaired) electrons. The van der Waals surface area contributed by atoms with Crippen LogP contribution in [0.2, 0.25) is 0 Å². The summed E-state index contributed by atoms with van der Waals surface area (Å²) in [6, 6.07) is 6.61. The van der Waals surface area contributed by atoms with Crippen LogP contribution >= 0.6 is 0 Å². The number of carbonyl (C=O) groups excluding carboxylic acids is 3. The first-order chi connectivity index (χ1) is 13.8. The molecule has 29 heavy (non-hydrogen) atoms. The highest BCUT2D eigenvalue weighted by atomic mass is 16.5. The van der Waals surface area contributed by atoms with Gasteiger partial charge in [0.2, 0.25) is 5.91 Å². The van der Waals surface area contributed by atoms with Gasteiger partial charge in [-0.2, -0.15) is 0 Å². The van der Waals surface area contributed by atoms with Crippen molar-refractivity contribution < 1.29 is 28.6 Å². The highest BCUT2D eigenvalue weighted by molar-refractivity contribution is 5.90. The molecule has 1 fully saturated rings. The van der Waals surface area contributed by atoms with Crippen molar-refractivity contribution in [2.45, 2.75) is 45.1 Å². The molecule has 1 aliphatic rings. The van der Waals surface area contributed by atoms with Gasteiger partial charge < -0.3 is 24.5 Å². The summed E-state index contributed by atoms with van der Waals surface area (Å²) in [5, 5.41) is 12.7. The van der Waals surface area contributed by atoms with Crippen molar-refractivity contribution in [2.75, 3.05) is 6.54 Å². The minimum Gasteiger partial charge on any atom is -0.453 e. The number of benzene rings is 1. The summed E-state index contributed by atoms with van der Waals surface area (Å²) in [4.78, 5) is 41.4. The number of aromatic nitrogens is 1. The van der Waals surface area contributed by atoms with Crippen LogP contribution in [0.25, 0.3) is 11.3 Å². The first kappa shape index (κ1) is 20.5. The number of hydrogen-bond acceptors (Lipinski definition) is 7. The van der Waals surface area contributed by atoms with E-state index in [9.17, 15) is 19.5 Å². The fourth-order valence-corrected chi connectivity index (χ4v) is 3.29. The number of β-amino-alcohol motifs (C(OH)–C–C–N with tert-alkyl or cyclic N) is 1. The molecule has 2 heterocycles. The molecule has 2 amide bonds. The molecule has 0 aliphatic carbocycles. The molecular weight excluding hydrogens is 378 g/mol. The molecule has 3 rings (SSSR count). The molecule has 2 aromatic rings. The first-order valence-corrected chi connectivity index (χ1v) is 9.26. The second kappa shape index (κ2) is 8.87. The molecule has 1 aliphatic heterocycles. The summed E-state index contributed by atoms with van der Waals surface area (Å²) >= 11 is 0. The van der Waals surface area contributed by atoms with Crippen molar-refractivity contribution >= 4 is 17.8 Å². The van der Waals surface area contributed by atoms with Crippen LogP contribution in [0.4, 0.5) is 0 Å². The Kier molecular flexibility index (Phi) is 6.28. The largest absolute Gasteiger partial charge is 0.453 e. The number of aliphatic hydroxyl groups is 1. The van der Waals surface area contributed by atoms with Crippen molar-refractivity contribution in [1.82, 2.24) is 15.2 Å². The number of esters is 1. The van der Waals surface area contributed by atoms with Gasteiger partial charge in [-0.25, -0.2) is 4.98 Å². The van der Waals surface area contributed by atoms with E-state index in [2.05, 4.69) is 10.3 Å². The zero-order valence-electron chi connectivity index (χ0n) is 16.2. The van der Waals surface area contributed by atoms with Crippen LogP contribution in [0.3, 0.4) is 0 Å². The van der Waals surface area contributed by atoms with Gasteiger partial charge in [-0.05, 0) is 12.5 Å². The molecule has 0 bridgehead atoms. The Bertz CT molecular complexity index is 865. The number of likely N-dealkylation sites (tertiary alicyclic amines) is 1. The van der Waals surface area contributed by atoms with E-state index in [-0.39, 0.29) is 25.4 Å². The molecule has 0 saturated carbocycles. The van der Waals surface area contributed by atoms with Crippen LogP contribution in [0.1, 0.15) is 25.8 Å². The van der Waals surface area contributed by atoms with E-state index >= 15 is 0 Å². The van der Waals surface area contributed by atoms with E-state index in [1.807, 2.05) is 24.3 Å². The maximum atomic E-state index is 12.6. The average Bonchev–Trinajstić information content (AvgIpc) is 3.35. The second-order valence-electron chi connectivity index (χ2n) is 6.93. The van der Waals surface area contributed by atoms with Crippen molar-refractivity contribution in [1.29, 1.82) is 0 Å². The fourth-order valence-electron chi connectivity index (χ4n) is 3.29. The van der Waals surface area contributed by atoms with Gasteiger partial charge in [0, 0.05) is 32.0 Å². The lowest BCUT2D eigenvalue weighted by molar-refractivity contribution is -0.158. The third kappa shape index (κ3) is 5.00. The number of carbonyl (C=O) groups is 3. The number of rotatable bonds is 6. The Morgan fingerprint density at radius 2 is 2.07 bits per heavy atom. The van der Waals surface area contributed by atoms with Gasteiger partial charge in [-0.1, -0.05) is 24.3 Å².